The second kappa shape index (κ2) is 2.97. The fourth-order valence-electron chi connectivity index (χ4n) is 0.932. The van der Waals surface area contributed by atoms with Crippen LogP contribution in [0.25, 0.3) is 0 Å². The Labute approximate surface area is 56.4 Å². The van der Waals surface area contributed by atoms with Crippen molar-refractivity contribution in [2.45, 2.75) is 13.8 Å². The molecule has 0 amide bonds. The number of hydrogen-bond acceptors (Lipinski definition) is 2. The van der Waals surface area contributed by atoms with Crippen LogP contribution in [-0.2, 0) is 0 Å². The molecule has 0 aromatic carbocycles. The highest BCUT2D eigenvalue weighted by atomic mass is 14.9. The van der Waals surface area contributed by atoms with Crippen molar-refractivity contribution in [3.8, 4) is 0 Å². The summed E-state index contributed by atoms with van der Waals surface area (Å²) in [5.74, 6) is 0.711. The molecule has 1 heterocycles. The number of hydrogen-bond donors (Lipinski definition) is 1. The van der Waals surface area contributed by atoms with Crippen molar-refractivity contribution < 1.29 is 0 Å². The normalized spacial score (nSPS) is 29.1. The van der Waals surface area contributed by atoms with Crippen LogP contribution in [0.3, 0.4) is 0 Å². The van der Waals surface area contributed by atoms with Crippen LogP contribution >= 0.6 is 0 Å². The first-order valence-electron chi connectivity index (χ1n) is 3.49. The monoisotopic (exact) mass is 126 g/mol. The standard InChI is InChI=1S/C7H14N2/c1-6-3-8-5-7(2)9-4-6/h6,8H,3-5H2,1-2H3. The number of aliphatic imine (C=N–C) groups is 1. The van der Waals surface area contributed by atoms with Gasteiger partial charge in [-0.05, 0) is 19.4 Å². The molecule has 1 N–H and O–H groups in total. The fraction of sp³-hybridized carbons (Fsp3) is 0.857. The van der Waals surface area contributed by atoms with Gasteiger partial charge in [-0.15, -0.1) is 0 Å². The van der Waals surface area contributed by atoms with E-state index in [1.54, 1.807) is 0 Å². The lowest BCUT2D eigenvalue weighted by Gasteiger charge is -2.02. The van der Waals surface area contributed by atoms with Gasteiger partial charge < -0.3 is 5.32 Å². The fourth-order valence-corrected chi connectivity index (χ4v) is 0.932. The lowest BCUT2D eigenvalue weighted by Crippen LogP contribution is -2.23. The Balaban J connectivity index is 2.42. The molecule has 0 saturated heterocycles. The molecular formula is C7H14N2. The molecule has 1 unspecified atom stereocenters. The van der Waals surface area contributed by atoms with Crippen molar-refractivity contribution in [3.05, 3.63) is 0 Å². The predicted molar refractivity (Wildman–Crippen MR) is 40.0 cm³/mol. The second-order valence-electron chi connectivity index (χ2n) is 2.81. The van der Waals surface area contributed by atoms with Gasteiger partial charge in [0.1, 0.15) is 0 Å². The van der Waals surface area contributed by atoms with Crippen LogP contribution in [0.2, 0.25) is 0 Å². The van der Waals surface area contributed by atoms with Crippen molar-refractivity contribution in [2.75, 3.05) is 19.6 Å². The first kappa shape index (κ1) is 6.75. The molecule has 0 aromatic rings. The van der Waals surface area contributed by atoms with Crippen LogP contribution < -0.4 is 5.32 Å². The third kappa shape index (κ3) is 2.14. The molecule has 0 fully saturated rings. The van der Waals surface area contributed by atoms with Gasteiger partial charge >= 0.3 is 0 Å². The molecule has 0 bridgehead atoms. The summed E-state index contributed by atoms with van der Waals surface area (Å²) in [4.78, 5) is 4.36. The highest BCUT2D eigenvalue weighted by Gasteiger charge is 2.04. The van der Waals surface area contributed by atoms with E-state index in [9.17, 15) is 0 Å². The van der Waals surface area contributed by atoms with Gasteiger partial charge in [0.25, 0.3) is 0 Å². The molecule has 0 spiro atoms. The van der Waals surface area contributed by atoms with Crippen molar-refractivity contribution in [3.63, 3.8) is 0 Å². The van der Waals surface area contributed by atoms with E-state index in [4.69, 9.17) is 0 Å². The molecule has 0 saturated carbocycles. The zero-order chi connectivity index (χ0) is 6.69. The lowest BCUT2D eigenvalue weighted by molar-refractivity contribution is 0.561. The summed E-state index contributed by atoms with van der Waals surface area (Å²) in [5, 5.41) is 3.32. The molecule has 0 aromatic heterocycles. The Morgan fingerprint density at radius 2 is 2.44 bits per heavy atom. The summed E-state index contributed by atoms with van der Waals surface area (Å²) in [5.41, 5.74) is 1.24. The van der Waals surface area contributed by atoms with Crippen LogP contribution in [0.15, 0.2) is 4.99 Å². The van der Waals surface area contributed by atoms with Gasteiger partial charge in [-0.2, -0.15) is 0 Å². The van der Waals surface area contributed by atoms with Crippen molar-refractivity contribution in [1.82, 2.24) is 5.32 Å². The lowest BCUT2D eigenvalue weighted by atomic mass is 10.2. The van der Waals surface area contributed by atoms with Gasteiger partial charge in [0.05, 0.1) is 0 Å². The highest BCUT2D eigenvalue weighted by Crippen LogP contribution is 1.96. The third-order valence-electron chi connectivity index (χ3n) is 1.55. The topological polar surface area (TPSA) is 24.4 Å². The highest BCUT2D eigenvalue weighted by molar-refractivity contribution is 5.84. The summed E-state index contributed by atoms with van der Waals surface area (Å²) >= 11 is 0. The number of nitrogens with one attached hydrogen (secondary N) is 1. The second-order valence-corrected chi connectivity index (χ2v) is 2.81. The predicted octanol–water partition coefficient (Wildman–Crippen LogP) is 0.687. The van der Waals surface area contributed by atoms with Gasteiger partial charge in [0.15, 0.2) is 0 Å². The Hall–Kier alpha value is -0.370. The SMILES string of the molecule is CC1=NCC(C)CNC1. The molecule has 9 heavy (non-hydrogen) atoms. The maximum Gasteiger partial charge on any atom is 0.0426 e. The molecule has 1 aliphatic heterocycles. The Morgan fingerprint density at radius 1 is 1.67 bits per heavy atom. The van der Waals surface area contributed by atoms with E-state index in [0.29, 0.717) is 5.92 Å². The summed E-state index contributed by atoms with van der Waals surface area (Å²) < 4.78 is 0. The minimum atomic E-state index is 0.711. The van der Waals surface area contributed by atoms with Crippen LogP contribution in [-0.4, -0.2) is 25.3 Å². The summed E-state index contributed by atoms with van der Waals surface area (Å²) in [6, 6.07) is 0. The molecule has 0 radical (unpaired) electrons. The van der Waals surface area contributed by atoms with Crippen molar-refractivity contribution >= 4 is 5.71 Å². The molecule has 1 aliphatic rings. The van der Waals surface area contributed by atoms with Gasteiger partial charge in [-0.1, -0.05) is 6.92 Å². The van der Waals surface area contributed by atoms with Crippen LogP contribution in [0.4, 0.5) is 0 Å². The quantitative estimate of drug-likeness (QED) is 0.507. The Kier molecular flexibility index (Phi) is 2.22. The van der Waals surface area contributed by atoms with Crippen LogP contribution in [0.1, 0.15) is 13.8 Å². The average molecular weight is 126 g/mol. The van der Waals surface area contributed by atoms with E-state index in [-0.39, 0.29) is 0 Å². The molecule has 2 heteroatoms. The van der Waals surface area contributed by atoms with Gasteiger partial charge in [-0.3, -0.25) is 4.99 Å². The van der Waals surface area contributed by atoms with E-state index in [0.717, 1.165) is 19.6 Å². The van der Waals surface area contributed by atoms with Gasteiger partial charge in [0.2, 0.25) is 0 Å². The summed E-state index contributed by atoms with van der Waals surface area (Å²) in [6.45, 7) is 7.38. The van der Waals surface area contributed by atoms with E-state index >= 15 is 0 Å². The molecule has 52 valence electrons. The van der Waals surface area contributed by atoms with Crippen molar-refractivity contribution in [2.24, 2.45) is 10.9 Å². The Bertz CT molecular complexity index is 118. The summed E-state index contributed by atoms with van der Waals surface area (Å²) in [7, 11) is 0. The maximum absolute atomic E-state index is 4.36. The first-order valence-corrected chi connectivity index (χ1v) is 3.49. The third-order valence-corrected chi connectivity index (χ3v) is 1.55. The zero-order valence-electron chi connectivity index (χ0n) is 6.15. The largest absolute Gasteiger partial charge is 0.311 e. The maximum atomic E-state index is 4.36. The smallest absolute Gasteiger partial charge is 0.0426 e. The molecule has 2 nitrogen and oxygen atoms in total. The number of rotatable bonds is 0. The average Bonchev–Trinajstić information content (AvgIpc) is 1.97. The van der Waals surface area contributed by atoms with E-state index < -0.39 is 0 Å². The zero-order valence-corrected chi connectivity index (χ0v) is 6.15. The molecule has 1 rings (SSSR count). The molecule has 1 atom stereocenters. The minimum Gasteiger partial charge on any atom is -0.311 e. The van der Waals surface area contributed by atoms with Gasteiger partial charge in [-0.25, -0.2) is 0 Å². The molecule has 0 aliphatic carbocycles. The molecular weight excluding hydrogens is 112 g/mol. The van der Waals surface area contributed by atoms with E-state index in [1.165, 1.54) is 5.71 Å². The van der Waals surface area contributed by atoms with Gasteiger partial charge in [0, 0.05) is 18.8 Å². The summed E-state index contributed by atoms with van der Waals surface area (Å²) in [6.07, 6.45) is 0. The van der Waals surface area contributed by atoms with E-state index in [2.05, 4.69) is 24.2 Å². The first-order chi connectivity index (χ1) is 4.29. The van der Waals surface area contributed by atoms with Crippen molar-refractivity contribution in [1.29, 1.82) is 0 Å². The van der Waals surface area contributed by atoms with Crippen LogP contribution in [0.5, 0.6) is 0 Å². The Morgan fingerprint density at radius 3 is 3.22 bits per heavy atom. The minimum absolute atomic E-state index is 0.711. The number of nitrogens with zero attached hydrogens (tertiary/aromatic N) is 1. The van der Waals surface area contributed by atoms with Crippen LogP contribution in [0, 0.1) is 5.92 Å². The van der Waals surface area contributed by atoms with E-state index in [1.807, 2.05) is 0 Å².